The van der Waals surface area contributed by atoms with E-state index in [1.165, 1.54) is 0 Å². The molecule has 0 saturated carbocycles. The third-order valence-electron chi connectivity index (χ3n) is 5.18. The van der Waals surface area contributed by atoms with Gasteiger partial charge in [-0.15, -0.1) is 11.3 Å². The first kappa shape index (κ1) is 20.0. The minimum Gasteiger partial charge on any atom is -0.486 e. The number of para-hydroxylation sites is 1. The first-order chi connectivity index (χ1) is 15.7. The van der Waals surface area contributed by atoms with Crippen LogP contribution >= 0.6 is 11.3 Å². The number of thiazole rings is 1. The average molecular weight is 440 g/mol. The van der Waals surface area contributed by atoms with E-state index in [-0.39, 0.29) is 6.03 Å². The number of ether oxygens (including phenoxy) is 1. The summed E-state index contributed by atoms with van der Waals surface area (Å²) in [7, 11) is 0. The molecule has 32 heavy (non-hydrogen) atoms. The lowest BCUT2D eigenvalue weighted by Crippen LogP contribution is -2.20. The highest BCUT2D eigenvalue weighted by Gasteiger charge is 2.09. The normalized spacial score (nSPS) is 10.9. The second-order valence-electron chi connectivity index (χ2n) is 7.45. The van der Waals surface area contributed by atoms with Gasteiger partial charge in [0.05, 0.1) is 15.9 Å². The standard InChI is InChI=1S/C26H21N3O2S/c1-17-15-19(31-16-25-27-23-10-4-5-12-24(23)32-25)13-14-21(17)28-26(30)29-22-11-6-8-18-7-2-3-9-20(18)22/h2-15H,16H2,1H3,(H2,28,29,30). The van der Waals surface area contributed by atoms with E-state index < -0.39 is 0 Å². The fourth-order valence-corrected chi connectivity index (χ4v) is 4.48. The van der Waals surface area contributed by atoms with Gasteiger partial charge >= 0.3 is 6.03 Å². The summed E-state index contributed by atoms with van der Waals surface area (Å²) in [4.78, 5) is 17.2. The van der Waals surface area contributed by atoms with E-state index >= 15 is 0 Å². The lowest BCUT2D eigenvalue weighted by atomic mass is 10.1. The van der Waals surface area contributed by atoms with E-state index in [1.807, 2.05) is 85.8 Å². The van der Waals surface area contributed by atoms with Crippen LogP contribution in [0.2, 0.25) is 0 Å². The van der Waals surface area contributed by atoms with Crippen molar-refractivity contribution < 1.29 is 9.53 Å². The maximum Gasteiger partial charge on any atom is 0.323 e. The number of urea groups is 1. The van der Waals surface area contributed by atoms with Gasteiger partial charge in [-0.1, -0.05) is 48.5 Å². The molecule has 0 aliphatic rings. The number of carbonyl (C=O) groups excluding carboxylic acids is 1. The van der Waals surface area contributed by atoms with Crippen LogP contribution in [0.25, 0.3) is 21.0 Å². The second-order valence-corrected chi connectivity index (χ2v) is 8.56. The molecule has 0 radical (unpaired) electrons. The average Bonchev–Trinajstić information content (AvgIpc) is 3.23. The Bertz CT molecular complexity index is 1390. The number of hydrogen-bond donors (Lipinski definition) is 2. The van der Waals surface area contributed by atoms with Crippen LogP contribution in [0.4, 0.5) is 16.2 Å². The Labute approximate surface area is 189 Å². The molecule has 0 fully saturated rings. The monoisotopic (exact) mass is 439 g/mol. The van der Waals surface area contributed by atoms with E-state index in [0.717, 1.165) is 48.7 Å². The summed E-state index contributed by atoms with van der Waals surface area (Å²) in [5.41, 5.74) is 3.41. The van der Waals surface area contributed by atoms with Crippen LogP contribution in [0.1, 0.15) is 10.6 Å². The number of anilines is 2. The van der Waals surface area contributed by atoms with E-state index in [4.69, 9.17) is 4.74 Å². The van der Waals surface area contributed by atoms with Crippen LogP contribution in [-0.4, -0.2) is 11.0 Å². The Balaban J connectivity index is 1.24. The van der Waals surface area contributed by atoms with Crippen molar-refractivity contribution in [2.24, 2.45) is 0 Å². The molecule has 0 saturated heterocycles. The van der Waals surface area contributed by atoms with Crippen LogP contribution in [-0.2, 0) is 6.61 Å². The molecule has 6 heteroatoms. The van der Waals surface area contributed by atoms with Gasteiger partial charge in [0.25, 0.3) is 0 Å². The molecule has 1 heterocycles. The first-order valence-corrected chi connectivity index (χ1v) is 11.1. The fourth-order valence-electron chi connectivity index (χ4n) is 3.60. The van der Waals surface area contributed by atoms with Crippen LogP contribution in [0, 0.1) is 6.92 Å². The van der Waals surface area contributed by atoms with E-state index in [1.54, 1.807) is 11.3 Å². The predicted molar refractivity (Wildman–Crippen MR) is 132 cm³/mol. The summed E-state index contributed by atoms with van der Waals surface area (Å²) in [5.74, 6) is 0.738. The number of benzene rings is 4. The Hall–Kier alpha value is -3.90. The van der Waals surface area contributed by atoms with Crippen molar-refractivity contribution in [3.05, 3.63) is 95.5 Å². The summed E-state index contributed by atoms with van der Waals surface area (Å²) in [5, 5.41) is 8.88. The number of aromatic nitrogens is 1. The lowest BCUT2D eigenvalue weighted by molar-refractivity contribution is 0.262. The summed E-state index contributed by atoms with van der Waals surface area (Å²) in [6.07, 6.45) is 0. The number of fused-ring (bicyclic) bond motifs is 2. The zero-order valence-corrected chi connectivity index (χ0v) is 18.3. The highest BCUT2D eigenvalue weighted by Crippen LogP contribution is 2.26. The molecular formula is C26H21N3O2S. The molecule has 158 valence electrons. The van der Waals surface area contributed by atoms with Crippen LogP contribution in [0.5, 0.6) is 5.75 Å². The molecule has 5 aromatic rings. The Morgan fingerprint density at radius 1 is 0.906 bits per heavy atom. The molecule has 1 aromatic heterocycles. The number of nitrogens with zero attached hydrogens (tertiary/aromatic N) is 1. The lowest BCUT2D eigenvalue weighted by Gasteiger charge is -2.13. The van der Waals surface area contributed by atoms with Crippen molar-refractivity contribution in [3.63, 3.8) is 0 Å². The molecule has 0 atom stereocenters. The third-order valence-corrected chi connectivity index (χ3v) is 6.19. The third kappa shape index (κ3) is 4.26. The molecule has 2 amide bonds. The van der Waals surface area contributed by atoms with Crippen molar-refractivity contribution in [1.29, 1.82) is 0 Å². The summed E-state index contributed by atoms with van der Waals surface area (Å²) >= 11 is 1.63. The topological polar surface area (TPSA) is 63.2 Å². The SMILES string of the molecule is Cc1cc(OCc2nc3ccccc3s2)ccc1NC(=O)Nc1cccc2ccccc12. The number of rotatable bonds is 5. The molecule has 5 nitrogen and oxygen atoms in total. The van der Waals surface area contributed by atoms with Gasteiger partial charge in [0.15, 0.2) is 0 Å². The van der Waals surface area contributed by atoms with Gasteiger partial charge in [-0.3, -0.25) is 0 Å². The maximum absolute atomic E-state index is 12.6. The molecule has 0 aliphatic carbocycles. The van der Waals surface area contributed by atoms with Crippen molar-refractivity contribution >= 4 is 49.7 Å². The largest absolute Gasteiger partial charge is 0.486 e. The number of nitrogens with one attached hydrogen (secondary N) is 2. The molecule has 0 unspecified atom stereocenters. The Morgan fingerprint density at radius 3 is 2.56 bits per heavy atom. The molecule has 0 spiro atoms. The number of amides is 2. The van der Waals surface area contributed by atoms with E-state index in [9.17, 15) is 4.79 Å². The first-order valence-electron chi connectivity index (χ1n) is 10.3. The van der Waals surface area contributed by atoms with Crippen LogP contribution in [0.15, 0.2) is 84.9 Å². The van der Waals surface area contributed by atoms with Crippen LogP contribution < -0.4 is 15.4 Å². The van der Waals surface area contributed by atoms with E-state index in [2.05, 4.69) is 21.7 Å². The second kappa shape index (κ2) is 8.69. The van der Waals surface area contributed by atoms with Crippen molar-refractivity contribution in [2.75, 3.05) is 10.6 Å². The highest BCUT2D eigenvalue weighted by molar-refractivity contribution is 7.18. The molecule has 0 aliphatic heterocycles. The van der Waals surface area contributed by atoms with Crippen molar-refractivity contribution in [2.45, 2.75) is 13.5 Å². The van der Waals surface area contributed by atoms with Crippen molar-refractivity contribution in [3.8, 4) is 5.75 Å². The zero-order chi connectivity index (χ0) is 21.9. The molecule has 0 bridgehead atoms. The van der Waals surface area contributed by atoms with Crippen LogP contribution in [0.3, 0.4) is 0 Å². The molecule has 2 N–H and O–H groups in total. The van der Waals surface area contributed by atoms with E-state index in [0.29, 0.717) is 6.61 Å². The highest BCUT2D eigenvalue weighted by atomic mass is 32.1. The predicted octanol–water partition coefficient (Wildman–Crippen LogP) is 6.98. The van der Waals surface area contributed by atoms with Gasteiger partial charge in [-0.2, -0.15) is 0 Å². The number of aryl methyl sites for hydroxylation is 1. The molecular weight excluding hydrogens is 418 g/mol. The summed E-state index contributed by atoms with van der Waals surface area (Å²) in [6, 6.07) is 27.2. The molecule has 5 rings (SSSR count). The zero-order valence-electron chi connectivity index (χ0n) is 17.5. The van der Waals surface area contributed by atoms with Gasteiger partial charge in [-0.05, 0) is 54.3 Å². The smallest absolute Gasteiger partial charge is 0.323 e. The van der Waals surface area contributed by atoms with Gasteiger partial charge in [0, 0.05) is 11.1 Å². The molecule has 4 aromatic carbocycles. The Kier molecular flexibility index (Phi) is 5.44. The Morgan fingerprint density at radius 2 is 1.69 bits per heavy atom. The number of carbonyl (C=O) groups is 1. The quantitative estimate of drug-likeness (QED) is 0.310. The van der Waals surface area contributed by atoms with Gasteiger partial charge < -0.3 is 15.4 Å². The van der Waals surface area contributed by atoms with Gasteiger partial charge in [0.1, 0.15) is 17.4 Å². The van der Waals surface area contributed by atoms with Gasteiger partial charge in [0.2, 0.25) is 0 Å². The minimum absolute atomic E-state index is 0.285. The van der Waals surface area contributed by atoms with Crippen molar-refractivity contribution in [1.82, 2.24) is 4.98 Å². The maximum atomic E-state index is 12.6. The summed E-state index contributed by atoms with van der Waals surface area (Å²) < 4.78 is 7.08. The summed E-state index contributed by atoms with van der Waals surface area (Å²) in [6.45, 7) is 2.35. The number of hydrogen-bond acceptors (Lipinski definition) is 4. The minimum atomic E-state index is -0.285. The van der Waals surface area contributed by atoms with Gasteiger partial charge in [-0.25, -0.2) is 9.78 Å². The fraction of sp³-hybridized carbons (Fsp3) is 0.0769.